The number of alkyl halides is 2. The summed E-state index contributed by atoms with van der Waals surface area (Å²) in [5, 5.41) is 0. The van der Waals surface area contributed by atoms with E-state index in [1.807, 2.05) is 0 Å². The van der Waals surface area contributed by atoms with E-state index in [1.165, 1.54) is 12.5 Å². The fraction of sp³-hybridized carbons (Fsp3) is 0.500. The number of halogens is 2. The zero-order chi connectivity index (χ0) is 8.60. The lowest BCUT2D eigenvalue weighted by atomic mass is 9.94. The largest absolute Gasteiger partial charge is 0.252 e. The quantitative estimate of drug-likeness (QED) is 0.591. The smallest absolute Gasteiger partial charge is 0.245 e. The Bertz CT molecular complexity index is 299. The highest BCUT2D eigenvalue weighted by atomic mass is 19.3. The average Bonchev–Trinajstić information content (AvgIpc) is 2.02. The van der Waals surface area contributed by atoms with Crippen molar-refractivity contribution in [1.29, 1.82) is 0 Å². The third kappa shape index (κ3) is 1.29. The van der Waals surface area contributed by atoms with Crippen LogP contribution in [-0.2, 0) is 12.8 Å². The molecule has 1 aliphatic carbocycles. The number of rotatable bonds is 0. The van der Waals surface area contributed by atoms with Crippen molar-refractivity contribution < 1.29 is 8.78 Å². The van der Waals surface area contributed by atoms with Gasteiger partial charge in [-0.3, -0.25) is 0 Å². The molecule has 0 spiro atoms. The molecule has 0 radical (unpaired) electrons. The van der Waals surface area contributed by atoms with E-state index in [4.69, 9.17) is 0 Å². The van der Waals surface area contributed by atoms with Gasteiger partial charge in [0.25, 0.3) is 5.92 Å². The van der Waals surface area contributed by atoms with Crippen LogP contribution in [0.15, 0.2) is 12.5 Å². The molecule has 0 amide bonds. The molecule has 1 aromatic heterocycles. The standard InChI is InChI=1S/C8H8F2N2/c9-8(10)2-1-7-6(3-8)4-11-5-12-7/h4-5H,1-3H2. The van der Waals surface area contributed by atoms with Crippen molar-refractivity contribution in [2.75, 3.05) is 0 Å². The summed E-state index contributed by atoms with van der Waals surface area (Å²) in [5.41, 5.74) is 1.37. The average molecular weight is 170 g/mol. The van der Waals surface area contributed by atoms with Gasteiger partial charge in [-0.25, -0.2) is 18.7 Å². The predicted octanol–water partition coefficient (Wildman–Crippen LogP) is 1.60. The van der Waals surface area contributed by atoms with E-state index in [-0.39, 0.29) is 12.8 Å². The lowest BCUT2D eigenvalue weighted by Crippen LogP contribution is -2.26. The topological polar surface area (TPSA) is 25.8 Å². The first-order valence-corrected chi connectivity index (χ1v) is 3.83. The number of hydrogen-bond acceptors (Lipinski definition) is 2. The van der Waals surface area contributed by atoms with Crippen LogP contribution in [0.1, 0.15) is 17.7 Å². The molecule has 0 unspecified atom stereocenters. The van der Waals surface area contributed by atoms with Gasteiger partial charge in [0, 0.05) is 24.7 Å². The summed E-state index contributed by atoms with van der Waals surface area (Å²) >= 11 is 0. The van der Waals surface area contributed by atoms with Crippen molar-refractivity contribution in [3.05, 3.63) is 23.8 Å². The minimum Gasteiger partial charge on any atom is -0.245 e. The first-order chi connectivity index (χ1) is 5.67. The summed E-state index contributed by atoms with van der Waals surface area (Å²) in [4.78, 5) is 7.66. The van der Waals surface area contributed by atoms with Crippen molar-refractivity contribution in [1.82, 2.24) is 9.97 Å². The van der Waals surface area contributed by atoms with Crippen LogP contribution in [0, 0.1) is 0 Å². The van der Waals surface area contributed by atoms with Crippen LogP contribution in [0.4, 0.5) is 8.78 Å². The molecule has 0 atom stereocenters. The Kier molecular flexibility index (Phi) is 1.56. The van der Waals surface area contributed by atoms with Gasteiger partial charge < -0.3 is 0 Å². The normalized spacial score (nSPS) is 20.2. The zero-order valence-corrected chi connectivity index (χ0v) is 6.43. The highest BCUT2D eigenvalue weighted by Crippen LogP contribution is 2.31. The summed E-state index contributed by atoms with van der Waals surface area (Å²) in [7, 11) is 0. The molecule has 0 aromatic carbocycles. The second-order valence-electron chi connectivity index (χ2n) is 3.03. The molecule has 64 valence electrons. The van der Waals surface area contributed by atoms with Gasteiger partial charge in [0.15, 0.2) is 0 Å². The third-order valence-electron chi connectivity index (χ3n) is 2.06. The van der Waals surface area contributed by atoms with E-state index >= 15 is 0 Å². The van der Waals surface area contributed by atoms with Crippen LogP contribution >= 0.6 is 0 Å². The molecular weight excluding hydrogens is 162 g/mol. The fourth-order valence-corrected chi connectivity index (χ4v) is 1.42. The fourth-order valence-electron chi connectivity index (χ4n) is 1.42. The van der Waals surface area contributed by atoms with Gasteiger partial charge in [-0.2, -0.15) is 0 Å². The van der Waals surface area contributed by atoms with Gasteiger partial charge in [-0.1, -0.05) is 0 Å². The molecule has 0 N–H and O–H groups in total. The second kappa shape index (κ2) is 2.47. The highest BCUT2D eigenvalue weighted by Gasteiger charge is 2.34. The minimum atomic E-state index is -2.56. The molecule has 1 aromatic rings. The van der Waals surface area contributed by atoms with E-state index < -0.39 is 5.92 Å². The Hall–Kier alpha value is -1.06. The Labute approximate surface area is 68.7 Å². The van der Waals surface area contributed by atoms with E-state index in [2.05, 4.69) is 9.97 Å². The van der Waals surface area contributed by atoms with E-state index in [1.54, 1.807) is 0 Å². The molecule has 2 nitrogen and oxygen atoms in total. The molecule has 1 heterocycles. The lowest BCUT2D eigenvalue weighted by Gasteiger charge is -2.22. The van der Waals surface area contributed by atoms with Crippen LogP contribution in [0.3, 0.4) is 0 Å². The van der Waals surface area contributed by atoms with Gasteiger partial charge in [0.2, 0.25) is 0 Å². The Morgan fingerprint density at radius 2 is 2.25 bits per heavy atom. The van der Waals surface area contributed by atoms with Gasteiger partial charge >= 0.3 is 0 Å². The van der Waals surface area contributed by atoms with E-state index in [0.717, 1.165) is 5.69 Å². The molecule has 4 heteroatoms. The maximum absolute atomic E-state index is 12.8. The zero-order valence-electron chi connectivity index (χ0n) is 6.43. The van der Waals surface area contributed by atoms with Gasteiger partial charge in [-0.15, -0.1) is 0 Å². The predicted molar refractivity (Wildman–Crippen MR) is 39.0 cm³/mol. The molecule has 0 fully saturated rings. The maximum atomic E-state index is 12.8. The van der Waals surface area contributed by atoms with Crippen LogP contribution < -0.4 is 0 Å². The Morgan fingerprint density at radius 1 is 1.42 bits per heavy atom. The molecule has 0 aliphatic heterocycles. The van der Waals surface area contributed by atoms with Crippen molar-refractivity contribution in [2.45, 2.75) is 25.2 Å². The first kappa shape index (κ1) is 7.58. The molecule has 1 aliphatic rings. The number of aromatic nitrogens is 2. The van der Waals surface area contributed by atoms with Crippen molar-refractivity contribution in [3.63, 3.8) is 0 Å². The summed E-state index contributed by atoms with van der Waals surface area (Å²) in [5.74, 6) is -2.56. The van der Waals surface area contributed by atoms with Gasteiger partial charge in [0.05, 0.1) is 0 Å². The molecule has 0 bridgehead atoms. The van der Waals surface area contributed by atoms with Gasteiger partial charge in [0.1, 0.15) is 6.33 Å². The van der Waals surface area contributed by atoms with Gasteiger partial charge in [-0.05, 0) is 12.0 Å². The molecule has 0 saturated heterocycles. The van der Waals surface area contributed by atoms with Crippen LogP contribution in [0.25, 0.3) is 0 Å². The number of fused-ring (bicyclic) bond motifs is 1. The maximum Gasteiger partial charge on any atom is 0.252 e. The van der Waals surface area contributed by atoms with Crippen LogP contribution in [0.2, 0.25) is 0 Å². The lowest BCUT2D eigenvalue weighted by molar-refractivity contribution is -0.0129. The molecule has 0 saturated carbocycles. The molecule has 12 heavy (non-hydrogen) atoms. The van der Waals surface area contributed by atoms with Crippen molar-refractivity contribution in [3.8, 4) is 0 Å². The minimum absolute atomic E-state index is 0.0863. The molecular formula is C8H8F2N2. The second-order valence-corrected chi connectivity index (χ2v) is 3.03. The van der Waals surface area contributed by atoms with E-state index in [0.29, 0.717) is 12.0 Å². The van der Waals surface area contributed by atoms with Crippen molar-refractivity contribution in [2.24, 2.45) is 0 Å². The third-order valence-corrected chi connectivity index (χ3v) is 2.06. The Balaban J connectivity index is 2.35. The SMILES string of the molecule is FC1(F)CCc2ncncc2C1. The summed E-state index contributed by atoms with van der Waals surface area (Å²) < 4.78 is 25.7. The number of aryl methyl sites for hydroxylation is 1. The summed E-state index contributed by atoms with van der Waals surface area (Å²) in [6.07, 6.45) is 2.96. The van der Waals surface area contributed by atoms with E-state index in [9.17, 15) is 8.78 Å². The Morgan fingerprint density at radius 3 is 3.08 bits per heavy atom. The number of hydrogen-bond donors (Lipinski definition) is 0. The number of nitrogens with zero attached hydrogens (tertiary/aromatic N) is 2. The first-order valence-electron chi connectivity index (χ1n) is 3.83. The van der Waals surface area contributed by atoms with Crippen LogP contribution in [-0.4, -0.2) is 15.9 Å². The molecule has 2 rings (SSSR count). The summed E-state index contributed by atoms with van der Waals surface area (Å²) in [6, 6.07) is 0. The van der Waals surface area contributed by atoms with Crippen molar-refractivity contribution >= 4 is 0 Å². The van der Waals surface area contributed by atoms with Crippen LogP contribution in [0.5, 0.6) is 0 Å². The highest BCUT2D eigenvalue weighted by molar-refractivity contribution is 5.21. The summed E-state index contributed by atoms with van der Waals surface area (Å²) in [6.45, 7) is 0. The monoisotopic (exact) mass is 170 g/mol.